The number of para-hydroxylation sites is 1. The van der Waals surface area contributed by atoms with E-state index in [1.165, 1.54) is 18.3 Å². The lowest BCUT2D eigenvalue weighted by Gasteiger charge is -2.11. The zero-order valence-electron chi connectivity index (χ0n) is 12.6. The summed E-state index contributed by atoms with van der Waals surface area (Å²) in [5.41, 5.74) is 1.14. The smallest absolute Gasteiger partial charge is 0.263 e. The number of phenolic OH excluding ortho intramolecular Hbond substituents is 1. The minimum atomic E-state index is -0.286. The second-order valence-electron chi connectivity index (χ2n) is 5.10. The Kier molecular flexibility index (Phi) is 3.85. The fraction of sp³-hybridized carbons (Fsp3) is 0.111. The lowest BCUT2D eigenvalue weighted by molar-refractivity contribution is 0.475. The van der Waals surface area contributed by atoms with Crippen LogP contribution in [0.4, 0.5) is 5.69 Å². The fourth-order valence-corrected chi connectivity index (χ4v) is 2.52. The van der Waals surface area contributed by atoms with Gasteiger partial charge in [-0.15, -0.1) is 0 Å². The standard InChI is InChI=1S/C18H16N2O3/c1-2-20-16-6-4-3-5-14(16)17(22)15(18(20)23)11-19-12-7-9-13(21)10-8-12/h3-11,21-22H,2H2,1H3. The molecular formula is C18H16N2O3. The maximum atomic E-state index is 12.6. The Hall–Kier alpha value is -3.08. The molecule has 3 rings (SSSR count). The van der Waals surface area contributed by atoms with Gasteiger partial charge >= 0.3 is 0 Å². The third kappa shape index (κ3) is 2.68. The molecule has 1 aromatic heterocycles. The third-order valence-corrected chi connectivity index (χ3v) is 3.69. The van der Waals surface area contributed by atoms with E-state index in [2.05, 4.69) is 4.99 Å². The number of rotatable bonds is 3. The van der Waals surface area contributed by atoms with Gasteiger partial charge < -0.3 is 14.8 Å². The van der Waals surface area contributed by atoms with E-state index >= 15 is 0 Å². The van der Waals surface area contributed by atoms with Gasteiger partial charge in [0.15, 0.2) is 0 Å². The summed E-state index contributed by atoms with van der Waals surface area (Å²) in [5.74, 6) is 0.0728. The number of fused-ring (bicyclic) bond motifs is 1. The molecule has 2 N–H and O–H groups in total. The molecule has 3 aromatic rings. The summed E-state index contributed by atoms with van der Waals surface area (Å²) in [4.78, 5) is 16.8. The summed E-state index contributed by atoms with van der Waals surface area (Å²) in [5, 5.41) is 20.3. The van der Waals surface area contributed by atoms with Crippen molar-refractivity contribution in [2.75, 3.05) is 0 Å². The van der Waals surface area contributed by atoms with Gasteiger partial charge in [0.2, 0.25) is 0 Å². The van der Waals surface area contributed by atoms with Crippen LogP contribution in [0.5, 0.6) is 11.5 Å². The molecule has 0 bridgehead atoms. The van der Waals surface area contributed by atoms with Gasteiger partial charge in [-0.3, -0.25) is 9.79 Å². The molecule has 0 saturated carbocycles. The van der Waals surface area contributed by atoms with Crippen LogP contribution in [0, 0.1) is 0 Å². The highest BCUT2D eigenvalue weighted by molar-refractivity contribution is 5.95. The molecule has 0 atom stereocenters. The summed E-state index contributed by atoms with van der Waals surface area (Å²) in [6, 6.07) is 13.5. The predicted octanol–water partition coefficient (Wildman–Crippen LogP) is 3.18. The molecule has 1 heterocycles. The van der Waals surface area contributed by atoms with Crippen molar-refractivity contribution < 1.29 is 10.2 Å². The van der Waals surface area contributed by atoms with Crippen LogP contribution in [-0.2, 0) is 6.54 Å². The lowest BCUT2D eigenvalue weighted by Crippen LogP contribution is -2.23. The van der Waals surface area contributed by atoms with Crippen molar-refractivity contribution in [3.05, 3.63) is 64.4 Å². The Morgan fingerprint density at radius 2 is 1.78 bits per heavy atom. The van der Waals surface area contributed by atoms with Crippen molar-refractivity contribution in [2.45, 2.75) is 13.5 Å². The van der Waals surface area contributed by atoms with E-state index in [0.29, 0.717) is 23.1 Å². The van der Waals surface area contributed by atoms with Crippen LogP contribution < -0.4 is 5.56 Å². The summed E-state index contributed by atoms with van der Waals surface area (Å²) in [6.45, 7) is 2.38. The van der Waals surface area contributed by atoms with E-state index in [9.17, 15) is 15.0 Å². The average Bonchev–Trinajstić information content (AvgIpc) is 2.57. The summed E-state index contributed by atoms with van der Waals surface area (Å²) in [7, 11) is 0. The van der Waals surface area contributed by atoms with E-state index in [0.717, 1.165) is 0 Å². The number of phenols is 1. The largest absolute Gasteiger partial charge is 0.508 e. The Morgan fingerprint density at radius 3 is 2.48 bits per heavy atom. The first-order valence-electron chi connectivity index (χ1n) is 7.29. The molecule has 0 saturated heterocycles. The van der Waals surface area contributed by atoms with Gasteiger partial charge in [0.25, 0.3) is 5.56 Å². The number of hydrogen-bond acceptors (Lipinski definition) is 4. The van der Waals surface area contributed by atoms with Crippen molar-refractivity contribution in [3.8, 4) is 11.5 Å². The monoisotopic (exact) mass is 308 g/mol. The number of aliphatic imine (C=N–C) groups is 1. The summed E-state index contributed by atoms with van der Waals surface area (Å²) < 4.78 is 1.60. The molecule has 0 aliphatic rings. The lowest BCUT2D eigenvalue weighted by atomic mass is 10.1. The first-order chi connectivity index (χ1) is 11.1. The molecule has 0 radical (unpaired) electrons. The molecule has 0 unspecified atom stereocenters. The number of pyridine rings is 1. The average molecular weight is 308 g/mol. The van der Waals surface area contributed by atoms with Gasteiger partial charge in [0.05, 0.1) is 11.2 Å². The minimum Gasteiger partial charge on any atom is -0.508 e. The number of aryl methyl sites for hydroxylation is 1. The van der Waals surface area contributed by atoms with Crippen LogP contribution in [0.1, 0.15) is 12.5 Å². The molecule has 0 aliphatic heterocycles. The number of nitrogens with zero attached hydrogens (tertiary/aromatic N) is 2. The molecule has 5 nitrogen and oxygen atoms in total. The molecule has 0 amide bonds. The van der Waals surface area contributed by atoms with Crippen molar-refractivity contribution in [1.82, 2.24) is 4.57 Å². The van der Waals surface area contributed by atoms with Crippen molar-refractivity contribution >= 4 is 22.8 Å². The Morgan fingerprint density at radius 1 is 1.09 bits per heavy atom. The zero-order chi connectivity index (χ0) is 16.4. The maximum absolute atomic E-state index is 12.6. The molecular weight excluding hydrogens is 292 g/mol. The number of benzene rings is 2. The van der Waals surface area contributed by atoms with Crippen LogP contribution >= 0.6 is 0 Å². The Bertz CT molecular complexity index is 941. The highest BCUT2D eigenvalue weighted by atomic mass is 16.3. The molecule has 23 heavy (non-hydrogen) atoms. The van der Waals surface area contributed by atoms with Crippen LogP contribution in [0.15, 0.2) is 58.3 Å². The van der Waals surface area contributed by atoms with Crippen molar-refractivity contribution in [1.29, 1.82) is 0 Å². The second kappa shape index (κ2) is 5.96. The van der Waals surface area contributed by atoms with E-state index < -0.39 is 0 Å². The zero-order valence-corrected chi connectivity index (χ0v) is 12.6. The van der Waals surface area contributed by atoms with Crippen molar-refractivity contribution in [3.63, 3.8) is 0 Å². The highest BCUT2D eigenvalue weighted by Crippen LogP contribution is 2.26. The van der Waals surface area contributed by atoms with Crippen LogP contribution in [0.3, 0.4) is 0 Å². The third-order valence-electron chi connectivity index (χ3n) is 3.69. The van der Waals surface area contributed by atoms with Gasteiger partial charge in [-0.1, -0.05) is 12.1 Å². The topological polar surface area (TPSA) is 74.8 Å². The highest BCUT2D eigenvalue weighted by Gasteiger charge is 2.13. The quantitative estimate of drug-likeness (QED) is 0.730. The molecule has 0 fully saturated rings. The fourth-order valence-electron chi connectivity index (χ4n) is 2.52. The molecule has 5 heteroatoms. The van der Waals surface area contributed by atoms with E-state index in [4.69, 9.17) is 0 Å². The minimum absolute atomic E-state index is 0.0715. The van der Waals surface area contributed by atoms with E-state index in [-0.39, 0.29) is 22.6 Å². The van der Waals surface area contributed by atoms with Crippen LogP contribution in [0.2, 0.25) is 0 Å². The molecule has 0 aliphatic carbocycles. The number of aromatic hydroxyl groups is 2. The first kappa shape index (κ1) is 14.8. The molecule has 116 valence electrons. The van der Waals surface area contributed by atoms with E-state index in [1.54, 1.807) is 28.8 Å². The Labute approximate surface area is 132 Å². The number of aromatic nitrogens is 1. The summed E-state index contributed by atoms with van der Waals surface area (Å²) in [6.07, 6.45) is 1.36. The SMILES string of the molecule is CCn1c(=O)c(C=Nc2ccc(O)cc2)c(O)c2ccccc21. The van der Waals surface area contributed by atoms with Gasteiger partial charge in [-0.25, -0.2) is 0 Å². The van der Waals surface area contributed by atoms with Gasteiger partial charge in [-0.2, -0.15) is 0 Å². The normalized spacial score (nSPS) is 11.3. The molecule has 2 aromatic carbocycles. The predicted molar refractivity (Wildman–Crippen MR) is 90.9 cm³/mol. The van der Waals surface area contributed by atoms with Gasteiger partial charge in [0.1, 0.15) is 17.1 Å². The number of hydrogen-bond donors (Lipinski definition) is 2. The summed E-state index contributed by atoms with van der Waals surface area (Å²) >= 11 is 0. The van der Waals surface area contributed by atoms with Crippen molar-refractivity contribution in [2.24, 2.45) is 4.99 Å². The van der Waals surface area contributed by atoms with Crippen LogP contribution in [0.25, 0.3) is 10.9 Å². The van der Waals surface area contributed by atoms with Crippen LogP contribution in [-0.4, -0.2) is 21.0 Å². The van der Waals surface area contributed by atoms with E-state index in [1.807, 2.05) is 19.1 Å². The Balaban J connectivity index is 2.17. The second-order valence-corrected chi connectivity index (χ2v) is 5.10. The molecule has 0 spiro atoms. The van der Waals surface area contributed by atoms with Gasteiger partial charge in [-0.05, 0) is 43.3 Å². The maximum Gasteiger partial charge on any atom is 0.263 e. The first-order valence-corrected chi connectivity index (χ1v) is 7.29. The van der Waals surface area contributed by atoms with Gasteiger partial charge in [0, 0.05) is 18.1 Å².